The minimum absolute atomic E-state index is 0.0814. The van der Waals surface area contributed by atoms with Crippen LogP contribution in [0.5, 0.6) is 5.75 Å². The SMILES string of the molecule is CCCCCCCCCCCCCC[C@@H](O)[C@@H](O)[C@H](CO[C@H]1OC(CO)[C@H](O)[C@H](O)C1O)NC(=O)CCCCCCCCCCCNC(=O)c1ccc(OC)cc1. The number of rotatable bonds is 34. The molecule has 0 radical (unpaired) electrons. The van der Waals surface area contributed by atoms with Gasteiger partial charge in [0.25, 0.3) is 5.91 Å². The molecule has 1 heterocycles. The van der Waals surface area contributed by atoms with Crippen LogP contribution in [0.4, 0.5) is 0 Å². The summed E-state index contributed by atoms with van der Waals surface area (Å²) in [7, 11) is 1.59. The lowest BCUT2D eigenvalue weighted by molar-refractivity contribution is -0.303. The summed E-state index contributed by atoms with van der Waals surface area (Å²) in [6.45, 7) is 1.93. The number of hydrogen-bond acceptors (Lipinski definition) is 11. The van der Waals surface area contributed by atoms with E-state index in [1.165, 1.54) is 51.4 Å². The first-order chi connectivity index (χ1) is 27.6. The zero-order valence-corrected chi connectivity index (χ0v) is 35.0. The van der Waals surface area contributed by atoms with Crippen LogP contribution < -0.4 is 15.4 Å². The number of aliphatic hydroxyl groups excluding tert-OH is 6. The lowest BCUT2D eigenvalue weighted by Gasteiger charge is -2.40. The van der Waals surface area contributed by atoms with E-state index in [4.69, 9.17) is 14.2 Å². The van der Waals surface area contributed by atoms with Gasteiger partial charge in [-0.05, 0) is 43.5 Å². The number of ether oxygens (including phenoxy) is 3. The second-order valence-electron chi connectivity index (χ2n) is 15.9. The minimum atomic E-state index is -1.62. The van der Waals surface area contributed by atoms with Crippen LogP contribution in [0.3, 0.4) is 0 Å². The Morgan fingerprint density at radius 3 is 1.79 bits per heavy atom. The number of carbonyl (C=O) groups excluding carboxylic acids is 2. The van der Waals surface area contributed by atoms with Crippen molar-refractivity contribution in [1.29, 1.82) is 0 Å². The zero-order valence-electron chi connectivity index (χ0n) is 35.0. The van der Waals surface area contributed by atoms with E-state index in [-0.39, 0.29) is 24.8 Å². The third-order valence-corrected chi connectivity index (χ3v) is 11.0. The fraction of sp³-hybridized carbons (Fsp3) is 0.818. The van der Waals surface area contributed by atoms with Gasteiger partial charge in [-0.1, -0.05) is 129 Å². The Hall–Kier alpha value is -2.36. The molecule has 0 aliphatic carbocycles. The van der Waals surface area contributed by atoms with E-state index in [9.17, 15) is 40.2 Å². The van der Waals surface area contributed by atoms with E-state index in [1.54, 1.807) is 31.4 Å². The van der Waals surface area contributed by atoms with Gasteiger partial charge in [0.05, 0.1) is 32.5 Å². The molecule has 0 bridgehead atoms. The molecule has 1 saturated heterocycles. The molecule has 57 heavy (non-hydrogen) atoms. The molecule has 2 amide bonds. The molecule has 1 aliphatic heterocycles. The molecule has 2 unspecified atom stereocenters. The lowest BCUT2D eigenvalue weighted by Crippen LogP contribution is -2.60. The van der Waals surface area contributed by atoms with Gasteiger partial charge in [-0.2, -0.15) is 0 Å². The van der Waals surface area contributed by atoms with E-state index >= 15 is 0 Å². The van der Waals surface area contributed by atoms with Crippen LogP contribution in [0.2, 0.25) is 0 Å². The normalized spacial score (nSPS) is 21.2. The Morgan fingerprint density at radius 1 is 0.719 bits per heavy atom. The molecule has 0 aromatic heterocycles. The van der Waals surface area contributed by atoms with Crippen LogP contribution in [0, 0.1) is 0 Å². The van der Waals surface area contributed by atoms with Gasteiger partial charge in [-0.25, -0.2) is 0 Å². The number of unbranched alkanes of at least 4 members (excludes halogenated alkanes) is 19. The first-order valence-corrected chi connectivity index (χ1v) is 22.1. The summed E-state index contributed by atoms with van der Waals surface area (Å²) in [6.07, 6.45) is 13.8. The van der Waals surface area contributed by atoms with Crippen LogP contribution >= 0.6 is 0 Å². The molecule has 2 rings (SSSR count). The fourth-order valence-corrected chi connectivity index (χ4v) is 7.24. The van der Waals surface area contributed by atoms with Gasteiger partial charge in [0.2, 0.25) is 5.91 Å². The highest BCUT2D eigenvalue weighted by Gasteiger charge is 2.44. The van der Waals surface area contributed by atoms with Crippen LogP contribution in [0.1, 0.15) is 165 Å². The largest absolute Gasteiger partial charge is 0.497 e. The predicted octanol–water partition coefficient (Wildman–Crippen LogP) is 5.44. The number of benzene rings is 1. The van der Waals surface area contributed by atoms with Gasteiger partial charge in [-0.15, -0.1) is 0 Å². The van der Waals surface area contributed by atoms with Crippen LogP contribution in [0.25, 0.3) is 0 Å². The average Bonchev–Trinajstić information content (AvgIpc) is 3.22. The molecular formula is C44H78N2O11. The van der Waals surface area contributed by atoms with Crippen LogP contribution in [-0.2, 0) is 14.3 Å². The van der Waals surface area contributed by atoms with Crippen molar-refractivity contribution in [2.75, 3.05) is 26.9 Å². The van der Waals surface area contributed by atoms with Crippen LogP contribution in [-0.4, -0.2) is 118 Å². The summed E-state index contributed by atoms with van der Waals surface area (Å²) < 4.78 is 16.3. The molecule has 1 aromatic rings. The first-order valence-electron chi connectivity index (χ1n) is 22.1. The Bertz CT molecular complexity index is 1160. The molecule has 8 atom stereocenters. The predicted molar refractivity (Wildman–Crippen MR) is 221 cm³/mol. The second-order valence-corrected chi connectivity index (χ2v) is 15.9. The van der Waals surface area contributed by atoms with Crippen molar-refractivity contribution < 1.29 is 54.4 Å². The van der Waals surface area contributed by atoms with Gasteiger partial charge in [0, 0.05) is 18.5 Å². The number of aliphatic hydroxyl groups is 6. The maximum Gasteiger partial charge on any atom is 0.251 e. The van der Waals surface area contributed by atoms with Gasteiger partial charge in [0.15, 0.2) is 6.29 Å². The molecular weight excluding hydrogens is 732 g/mol. The summed E-state index contributed by atoms with van der Waals surface area (Å²) in [6, 6.07) is 6.03. The quantitative estimate of drug-likeness (QED) is 0.0412. The minimum Gasteiger partial charge on any atom is -0.497 e. The smallest absolute Gasteiger partial charge is 0.251 e. The number of amides is 2. The number of hydrogen-bond donors (Lipinski definition) is 8. The van der Waals surface area contributed by atoms with Crippen molar-refractivity contribution >= 4 is 11.8 Å². The number of carbonyl (C=O) groups is 2. The van der Waals surface area contributed by atoms with Crippen molar-refractivity contribution in [2.45, 2.75) is 204 Å². The Labute approximate surface area is 342 Å². The highest BCUT2D eigenvalue weighted by Crippen LogP contribution is 2.23. The Morgan fingerprint density at radius 2 is 1.25 bits per heavy atom. The summed E-state index contributed by atoms with van der Waals surface area (Å²) in [5.41, 5.74) is 0.616. The van der Waals surface area contributed by atoms with Gasteiger partial charge >= 0.3 is 0 Å². The standard InChI is InChI=1S/C44H78N2O11/c1-3-4-5-6-7-8-9-10-12-15-18-21-24-36(48)39(50)35(32-56-44-42(53)41(52)40(51)37(31-47)57-44)46-38(49)25-22-19-16-13-11-14-17-20-23-30-45-43(54)33-26-28-34(55-2)29-27-33/h26-29,35-37,39-42,44,47-48,50-53H,3-25,30-32H2,1-2H3,(H,45,54)(H,46,49)/t35-,36+,37?,39-,40-,41-,42?,44-/m0/s1. The van der Waals surface area contributed by atoms with E-state index in [0.717, 1.165) is 82.8 Å². The van der Waals surface area contributed by atoms with Crippen molar-refractivity contribution in [2.24, 2.45) is 0 Å². The fourth-order valence-electron chi connectivity index (χ4n) is 7.24. The number of nitrogens with one attached hydrogen (secondary N) is 2. The molecule has 0 spiro atoms. The third kappa shape index (κ3) is 21.5. The van der Waals surface area contributed by atoms with Crippen molar-refractivity contribution in [3.05, 3.63) is 29.8 Å². The van der Waals surface area contributed by atoms with E-state index in [0.29, 0.717) is 24.9 Å². The first kappa shape index (κ1) is 50.8. The number of methoxy groups -OCH3 is 1. The molecule has 8 N–H and O–H groups in total. The summed E-state index contributed by atoms with van der Waals surface area (Å²) in [4.78, 5) is 25.3. The molecule has 1 fully saturated rings. The average molecular weight is 811 g/mol. The Kier molecular flexibility index (Phi) is 28.1. The van der Waals surface area contributed by atoms with Crippen molar-refractivity contribution in [3.8, 4) is 5.75 Å². The molecule has 0 saturated carbocycles. The molecule has 13 nitrogen and oxygen atoms in total. The molecule has 13 heteroatoms. The van der Waals surface area contributed by atoms with E-state index in [2.05, 4.69) is 17.6 Å². The molecule has 1 aliphatic rings. The monoisotopic (exact) mass is 811 g/mol. The van der Waals surface area contributed by atoms with Crippen LogP contribution in [0.15, 0.2) is 24.3 Å². The maximum atomic E-state index is 13.0. The third-order valence-electron chi connectivity index (χ3n) is 11.0. The van der Waals surface area contributed by atoms with Gasteiger partial charge in [0.1, 0.15) is 36.3 Å². The van der Waals surface area contributed by atoms with E-state index in [1.807, 2.05) is 0 Å². The highest BCUT2D eigenvalue weighted by molar-refractivity contribution is 5.94. The zero-order chi connectivity index (χ0) is 41.7. The molecule has 330 valence electrons. The topological polar surface area (TPSA) is 207 Å². The van der Waals surface area contributed by atoms with E-state index < -0.39 is 55.6 Å². The maximum absolute atomic E-state index is 13.0. The lowest BCUT2D eigenvalue weighted by atomic mass is 9.98. The summed E-state index contributed by atoms with van der Waals surface area (Å²) in [5.74, 6) is 0.338. The summed E-state index contributed by atoms with van der Waals surface area (Å²) in [5, 5.41) is 68.0. The van der Waals surface area contributed by atoms with Crippen molar-refractivity contribution in [1.82, 2.24) is 10.6 Å². The highest BCUT2D eigenvalue weighted by atomic mass is 16.7. The molecule has 1 aromatic carbocycles. The Balaban J connectivity index is 1.67. The van der Waals surface area contributed by atoms with Crippen molar-refractivity contribution in [3.63, 3.8) is 0 Å². The van der Waals surface area contributed by atoms with Gasteiger partial charge < -0.3 is 55.5 Å². The van der Waals surface area contributed by atoms with Gasteiger partial charge in [-0.3, -0.25) is 9.59 Å². The summed E-state index contributed by atoms with van der Waals surface area (Å²) >= 11 is 0. The second kappa shape index (κ2) is 31.5.